The third-order valence-corrected chi connectivity index (χ3v) is 20.8. The summed E-state index contributed by atoms with van der Waals surface area (Å²) in [5.41, 5.74) is 19.2. The molecule has 0 amide bonds. The lowest BCUT2D eigenvalue weighted by molar-refractivity contribution is 0.463. The Hall–Kier alpha value is -11.0. The summed E-state index contributed by atoms with van der Waals surface area (Å²) in [6.45, 7) is 15.7. The minimum atomic E-state index is -0.0930. The van der Waals surface area contributed by atoms with Gasteiger partial charge in [0.25, 0.3) is 13.4 Å². The van der Waals surface area contributed by atoms with Gasteiger partial charge < -0.3 is 28.7 Å². The SMILES string of the molecule is CC(C)c1ccc2c(c1)Oc1cc(N(c3ccc4ccccc4c3)c3ccc4ccccc4c3)cc3c1B2c1ccc(C(C)Cc2cccc4cc(N(c5cc6c7c(c5)Oc5ccc(C(C)C)cc5B7c5cc(C(C)C)ccc5O6)c5ccc6ccccc6c5)ccc24)cc1O3. The number of fused-ring (bicyclic) bond motifs is 12. The summed E-state index contributed by atoms with van der Waals surface area (Å²) in [6, 6.07) is 96.0. The lowest BCUT2D eigenvalue weighted by atomic mass is 9.34. The van der Waals surface area contributed by atoms with E-state index in [1.165, 1.54) is 76.4 Å². The Balaban J connectivity index is 0.713. The predicted octanol–water partition coefficient (Wildman–Crippen LogP) is 20.4. The number of hydrogen-bond acceptors (Lipinski definition) is 6. The molecule has 6 nitrogen and oxygen atoms in total. The Morgan fingerprint density at radius 3 is 1.09 bits per heavy atom. The van der Waals surface area contributed by atoms with Crippen molar-refractivity contribution in [2.45, 2.75) is 78.6 Å². The molecule has 4 heterocycles. The van der Waals surface area contributed by atoms with Gasteiger partial charge in [0.05, 0.1) is 11.4 Å². The van der Waals surface area contributed by atoms with E-state index in [2.05, 4.69) is 319 Å². The van der Waals surface area contributed by atoms with Gasteiger partial charge >= 0.3 is 0 Å². The largest absolute Gasteiger partial charge is 0.458 e. The fourth-order valence-electron chi connectivity index (χ4n) is 15.6. The van der Waals surface area contributed by atoms with Crippen molar-refractivity contribution in [2.75, 3.05) is 9.80 Å². The van der Waals surface area contributed by atoms with Crippen molar-refractivity contribution in [3.63, 3.8) is 0 Å². The predicted molar refractivity (Wildman–Crippen MR) is 402 cm³/mol. The maximum Gasteiger partial charge on any atom is 0.260 e. The van der Waals surface area contributed by atoms with Crippen molar-refractivity contribution in [3.05, 3.63) is 289 Å². The van der Waals surface area contributed by atoms with Gasteiger partial charge in [-0.3, -0.25) is 0 Å². The van der Waals surface area contributed by atoms with Gasteiger partial charge in [0.2, 0.25) is 0 Å². The van der Waals surface area contributed by atoms with Crippen LogP contribution in [0.1, 0.15) is 100.0 Å². The number of anilines is 6. The van der Waals surface area contributed by atoms with Gasteiger partial charge in [0.15, 0.2) is 0 Å². The molecule has 14 aromatic rings. The molecular weight excluding hydrogens is 1170 g/mol. The monoisotopic (exact) mass is 1240 g/mol. The van der Waals surface area contributed by atoms with Crippen LogP contribution in [0.15, 0.2) is 261 Å². The third kappa shape index (κ3) is 9.70. The maximum absolute atomic E-state index is 7.33. The minimum absolute atomic E-state index is 0.0464. The van der Waals surface area contributed by atoms with E-state index in [0.29, 0.717) is 17.8 Å². The summed E-state index contributed by atoms with van der Waals surface area (Å²) in [6.07, 6.45) is 0.823. The Labute approximate surface area is 562 Å². The first-order valence-corrected chi connectivity index (χ1v) is 34.1. The van der Waals surface area contributed by atoms with Gasteiger partial charge in [-0.1, -0.05) is 212 Å². The molecule has 0 aliphatic carbocycles. The van der Waals surface area contributed by atoms with Crippen LogP contribution in [0.2, 0.25) is 0 Å². The van der Waals surface area contributed by atoms with Crippen LogP contribution in [-0.4, -0.2) is 13.4 Å². The average molecular weight is 1240 g/mol. The van der Waals surface area contributed by atoms with Crippen molar-refractivity contribution in [1.82, 2.24) is 0 Å². The summed E-state index contributed by atoms with van der Waals surface area (Å²) < 4.78 is 28.6. The van der Waals surface area contributed by atoms with Gasteiger partial charge in [-0.05, 0) is 196 Å². The molecule has 0 spiro atoms. The molecule has 0 saturated heterocycles. The van der Waals surface area contributed by atoms with Gasteiger partial charge in [-0.15, -0.1) is 0 Å². The zero-order valence-corrected chi connectivity index (χ0v) is 55.0. The lowest BCUT2D eigenvalue weighted by Gasteiger charge is -2.35. The molecule has 0 N–H and O–H groups in total. The molecule has 18 rings (SSSR count). The molecule has 0 fully saturated rings. The molecule has 96 heavy (non-hydrogen) atoms. The van der Waals surface area contributed by atoms with Crippen LogP contribution in [0.4, 0.5) is 34.1 Å². The van der Waals surface area contributed by atoms with Crippen LogP contribution in [0, 0.1) is 0 Å². The highest BCUT2D eigenvalue weighted by Crippen LogP contribution is 2.48. The minimum Gasteiger partial charge on any atom is -0.458 e. The second kappa shape index (κ2) is 22.6. The molecule has 14 aromatic carbocycles. The van der Waals surface area contributed by atoms with E-state index < -0.39 is 0 Å². The van der Waals surface area contributed by atoms with Gasteiger partial charge in [-0.25, -0.2) is 0 Å². The molecule has 0 aromatic heterocycles. The first-order valence-electron chi connectivity index (χ1n) is 34.1. The highest BCUT2D eigenvalue weighted by atomic mass is 16.5. The first-order chi connectivity index (χ1) is 46.9. The zero-order chi connectivity index (χ0) is 64.6. The summed E-state index contributed by atoms with van der Waals surface area (Å²) in [5.74, 6) is 7.98. The molecule has 0 bridgehead atoms. The Morgan fingerprint density at radius 1 is 0.271 bits per heavy atom. The normalized spacial score (nSPS) is 13.3. The van der Waals surface area contributed by atoms with Crippen molar-refractivity contribution >= 4 is 123 Å². The average Bonchev–Trinajstić information content (AvgIpc) is 0.725. The van der Waals surface area contributed by atoms with Crippen molar-refractivity contribution in [3.8, 4) is 46.0 Å². The molecule has 462 valence electrons. The topological polar surface area (TPSA) is 43.4 Å². The second-order valence-electron chi connectivity index (χ2n) is 27.8. The van der Waals surface area contributed by atoms with Crippen LogP contribution in [0.5, 0.6) is 46.0 Å². The molecule has 4 aliphatic heterocycles. The standard InChI is InChI=1S/C88H70B2N2O4/c1-52(2)59-28-37-79-77(44-59)90-78-45-60(53(3)4)29-38-80(78)94-84-49-72(48-83(93-79)88(84)90)92(70-32-25-58-17-10-13-20-65(58)42-70)71-33-34-74-66(21-14-22-67(74)43-71)39-55(7)62-27-36-76-82(47-62)96-86-51-73(50-85-87(86)89(76)75-35-26-61(54(5)6)46-81(75)95-85)91(68-30-23-56-15-8-11-18-63(56)40-68)69-31-24-57-16-9-12-19-64(57)41-69/h8-38,40-55H,39H2,1-7H3. The number of ether oxygens (including phenoxy) is 4. The van der Waals surface area contributed by atoms with Gasteiger partial charge in [-0.2, -0.15) is 0 Å². The van der Waals surface area contributed by atoms with Crippen LogP contribution < -0.4 is 61.5 Å². The van der Waals surface area contributed by atoms with Crippen molar-refractivity contribution < 1.29 is 18.9 Å². The number of rotatable bonds is 12. The van der Waals surface area contributed by atoms with E-state index in [4.69, 9.17) is 18.9 Å². The summed E-state index contributed by atoms with van der Waals surface area (Å²) in [4.78, 5) is 4.72. The van der Waals surface area contributed by atoms with E-state index in [1.54, 1.807) is 0 Å². The second-order valence-corrected chi connectivity index (χ2v) is 27.8. The van der Waals surface area contributed by atoms with E-state index >= 15 is 0 Å². The maximum atomic E-state index is 7.33. The molecule has 0 saturated carbocycles. The quantitative estimate of drug-likeness (QED) is 0.114. The number of hydrogen-bond donors (Lipinski definition) is 0. The highest BCUT2D eigenvalue weighted by molar-refractivity contribution is 6.99. The third-order valence-electron chi connectivity index (χ3n) is 20.8. The molecule has 4 aliphatic rings. The van der Waals surface area contributed by atoms with Crippen molar-refractivity contribution in [2.24, 2.45) is 0 Å². The summed E-state index contributed by atoms with van der Waals surface area (Å²) in [5, 5.41) is 9.47. The van der Waals surface area contributed by atoms with E-state index in [9.17, 15) is 0 Å². The van der Waals surface area contributed by atoms with Crippen LogP contribution in [-0.2, 0) is 6.42 Å². The molecule has 1 atom stereocenters. The summed E-state index contributed by atoms with van der Waals surface area (Å²) in [7, 11) is 0. The van der Waals surface area contributed by atoms with Gasteiger partial charge in [0, 0.05) is 57.9 Å². The smallest absolute Gasteiger partial charge is 0.260 e. The first kappa shape index (κ1) is 57.7. The fraction of sp³-hybridized carbons (Fsp3) is 0.136. The highest BCUT2D eigenvalue weighted by Gasteiger charge is 2.43. The Morgan fingerprint density at radius 2 is 0.635 bits per heavy atom. The van der Waals surface area contributed by atoms with Crippen molar-refractivity contribution in [1.29, 1.82) is 0 Å². The molecule has 0 radical (unpaired) electrons. The van der Waals surface area contributed by atoms with E-state index in [-0.39, 0.29) is 19.3 Å². The summed E-state index contributed by atoms with van der Waals surface area (Å²) >= 11 is 0. The number of nitrogens with zero attached hydrogens (tertiary/aromatic N) is 2. The Bertz CT molecular complexity index is 5380. The van der Waals surface area contributed by atoms with E-state index in [1.807, 2.05) is 0 Å². The van der Waals surface area contributed by atoms with Crippen LogP contribution >= 0.6 is 0 Å². The lowest BCUT2D eigenvalue weighted by Crippen LogP contribution is -2.57. The van der Waals surface area contributed by atoms with Crippen LogP contribution in [0.25, 0.3) is 43.1 Å². The van der Waals surface area contributed by atoms with E-state index in [0.717, 1.165) is 114 Å². The fourth-order valence-corrected chi connectivity index (χ4v) is 15.6. The number of benzene rings is 14. The van der Waals surface area contributed by atoms with Gasteiger partial charge in [0.1, 0.15) is 46.0 Å². The van der Waals surface area contributed by atoms with Crippen LogP contribution in [0.3, 0.4) is 0 Å². The Kier molecular flexibility index (Phi) is 13.6. The molecule has 8 heteroatoms. The zero-order valence-electron chi connectivity index (χ0n) is 55.0. The molecule has 1 unspecified atom stereocenters. The molecular formula is C88H70B2N2O4.